The minimum absolute atomic E-state index is 0.0606. The van der Waals surface area contributed by atoms with Crippen LogP contribution < -0.4 is 4.74 Å². The SMILES string of the molecule is O=C1/C=C/C(=O)OC23CCC(CC(Oc4ccc(Cl)cn4)C2O1)N3Cc1ccccn1. The minimum atomic E-state index is -1.14. The van der Waals surface area contributed by atoms with Gasteiger partial charge in [0.2, 0.25) is 11.6 Å². The van der Waals surface area contributed by atoms with E-state index in [1.165, 1.54) is 6.20 Å². The highest BCUT2D eigenvalue weighted by atomic mass is 35.5. The van der Waals surface area contributed by atoms with Gasteiger partial charge in [-0.15, -0.1) is 0 Å². The number of hydrogen-bond donors (Lipinski definition) is 0. The van der Waals surface area contributed by atoms with Crippen molar-refractivity contribution >= 4 is 23.5 Å². The van der Waals surface area contributed by atoms with E-state index in [1.54, 1.807) is 18.3 Å². The number of rotatable bonds is 4. The van der Waals surface area contributed by atoms with E-state index in [9.17, 15) is 9.59 Å². The van der Waals surface area contributed by atoms with Crippen molar-refractivity contribution in [2.75, 3.05) is 0 Å². The van der Waals surface area contributed by atoms with Crippen LogP contribution in [0.25, 0.3) is 0 Å². The third-order valence-corrected chi connectivity index (χ3v) is 6.18. The maximum atomic E-state index is 12.5. The van der Waals surface area contributed by atoms with Crippen molar-refractivity contribution in [1.82, 2.24) is 14.9 Å². The second kappa shape index (κ2) is 7.94. The number of nitrogens with zero attached hydrogens (tertiary/aromatic N) is 3. The molecule has 0 aromatic carbocycles. The van der Waals surface area contributed by atoms with Gasteiger partial charge < -0.3 is 14.2 Å². The van der Waals surface area contributed by atoms with Crippen molar-refractivity contribution in [1.29, 1.82) is 0 Å². The number of halogens is 1. The Morgan fingerprint density at radius 3 is 2.81 bits per heavy atom. The predicted octanol–water partition coefficient (Wildman–Crippen LogP) is 2.67. The molecule has 3 aliphatic rings. The van der Waals surface area contributed by atoms with Gasteiger partial charge in [0.25, 0.3) is 0 Å². The van der Waals surface area contributed by atoms with Gasteiger partial charge >= 0.3 is 11.9 Å². The molecule has 2 bridgehead atoms. The van der Waals surface area contributed by atoms with Crippen LogP contribution >= 0.6 is 11.6 Å². The molecule has 2 saturated heterocycles. The van der Waals surface area contributed by atoms with Crippen LogP contribution in [0.4, 0.5) is 0 Å². The lowest BCUT2D eigenvalue weighted by molar-refractivity contribution is -0.247. The van der Waals surface area contributed by atoms with Crippen molar-refractivity contribution in [3.63, 3.8) is 0 Å². The molecule has 31 heavy (non-hydrogen) atoms. The van der Waals surface area contributed by atoms with Crippen LogP contribution in [-0.4, -0.2) is 50.8 Å². The molecule has 0 aliphatic carbocycles. The van der Waals surface area contributed by atoms with Crippen LogP contribution in [0, 0.1) is 0 Å². The maximum absolute atomic E-state index is 12.5. The Kier molecular flexibility index (Phi) is 5.11. The molecule has 0 saturated carbocycles. The fourth-order valence-electron chi connectivity index (χ4n) is 4.69. The molecule has 4 atom stereocenters. The Morgan fingerprint density at radius 1 is 1.16 bits per heavy atom. The van der Waals surface area contributed by atoms with Crippen LogP contribution in [0.3, 0.4) is 0 Å². The quantitative estimate of drug-likeness (QED) is 0.669. The van der Waals surface area contributed by atoms with E-state index >= 15 is 0 Å². The summed E-state index contributed by atoms with van der Waals surface area (Å²) in [5.41, 5.74) is -0.305. The highest BCUT2D eigenvalue weighted by Gasteiger charge is 2.63. The van der Waals surface area contributed by atoms with Gasteiger partial charge in [0.15, 0.2) is 6.10 Å². The number of carbonyl (C=O) groups excluding carboxylic acids is 2. The molecule has 2 aromatic heterocycles. The van der Waals surface area contributed by atoms with Crippen molar-refractivity contribution < 1.29 is 23.8 Å². The zero-order chi connectivity index (χ0) is 21.4. The lowest BCUT2D eigenvalue weighted by Gasteiger charge is -2.50. The van der Waals surface area contributed by atoms with Gasteiger partial charge in [-0.05, 0) is 24.6 Å². The zero-order valence-corrected chi connectivity index (χ0v) is 17.3. The lowest BCUT2D eigenvalue weighted by Crippen LogP contribution is -2.67. The lowest BCUT2D eigenvalue weighted by atomic mass is 9.92. The maximum Gasteiger partial charge on any atom is 0.332 e. The minimum Gasteiger partial charge on any atom is -0.470 e. The number of esters is 2. The molecular weight excluding hydrogens is 422 g/mol. The normalized spacial score (nSPS) is 31.1. The molecule has 2 fully saturated rings. The molecule has 5 heterocycles. The standard InChI is InChI=1S/C22H20ClN3O5/c23-14-4-5-18(25-12-14)29-17-11-16-8-9-22(26(16)13-15-3-1-2-10-24-15)21(17)30-19(27)6-7-20(28)31-22/h1-7,10,12,16-17,21H,8-9,11,13H2/b7-6+. The van der Waals surface area contributed by atoms with E-state index in [-0.39, 0.29) is 6.04 Å². The molecule has 5 rings (SSSR count). The highest BCUT2D eigenvalue weighted by molar-refractivity contribution is 6.30. The van der Waals surface area contributed by atoms with Gasteiger partial charge in [-0.2, -0.15) is 0 Å². The molecule has 1 spiro atoms. The summed E-state index contributed by atoms with van der Waals surface area (Å²) < 4.78 is 17.9. The molecular formula is C22H20ClN3O5. The molecule has 0 radical (unpaired) electrons. The summed E-state index contributed by atoms with van der Waals surface area (Å²) in [5.74, 6) is -0.831. The Labute approximate surface area is 183 Å². The van der Waals surface area contributed by atoms with Crippen LogP contribution in [-0.2, 0) is 25.6 Å². The van der Waals surface area contributed by atoms with E-state index in [0.29, 0.717) is 30.3 Å². The Bertz CT molecular complexity index is 1020. The first-order chi connectivity index (χ1) is 15.0. The summed E-state index contributed by atoms with van der Waals surface area (Å²) in [6.07, 6.45) is 5.91. The second-order valence-corrected chi connectivity index (χ2v) is 8.24. The van der Waals surface area contributed by atoms with Gasteiger partial charge in [0, 0.05) is 56.0 Å². The fourth-order valence-corrected chi connectivity index (χ4v) is 4.80. The summed E-state index contributed by atoms with van der Waals surface area (Å²) in [5, 5.41) is 0.491. The Morgan fingerprint density at radius 2 is 2.03 bits per heavy atom. The molecule has 0 amide bonds. The van der Waals surface area contributed by atoms with Crippen molar-refractivity contribution in [2.24, 2.45) is 0 Å². The molecule has 3 aliphatic heterocycles. The molecule has 8 nitrogen and oxygen atoms in total. The number of fused-ring (bicyclic) bond motifs is 1. The van der Waals surface area contributed by atoms with Gasteiger partial charge in [-0.3, -0.25) is 9.88 Å². The Balaban J connectivity index is 1.51. The summed E-state index contributed by atoms with van der Waals surface area (Å²) in [4.78, 5) is 35.6. The topological polar surface area (TPSA) is 90.9 Å². The van der Waals surface area contributed by atoms with Crippen molar-refractivity contribution in [2.45, 2.75) is 49.8 Å². The Hall–Kier alpha value is -2.97. The van der Waals surface area contributed by atoms with E-state index < -0.39 is 29.9 Å². The second-order valence-electron chi connectivity index (χ2n) is 7.80. The number of piperidine rings is 1. The summed E-state index contributed by atoms with van der Waals surface area (Å²) in [6, 6.07) is 9.08. The first-order valence-corrected chi connectivity index (χ1v) is 10.5. The molecule has 9 heteroatoms. The van der Waals surface area contributed by atoms with Crippen LogP contribution in [0.15, 0.2) is 54.9 Å². The van der Waals surface area contributed by atoms with Crippen molar-refractivity contribution in [3.05, 3.63) is 65.6 Å². The van der Waals surface area contributed by atoms with Crippen LogP contribution in [0.2, 0.25) is 5.02 Å². The van der Waals surface area contributed by atoms with Crippen molar-refractivity contribution in [3.8, 4) is 5.88 Å². The van der Waals surface area contributed by atoms with Crippen LogP contribution in [0.5, 0.6) is 5.88 Å². The first kappa shape index (κ1) is 20.0. The summed E-state index contributed by atoms with van der Waals surface area (Å²) in [7, 11) is 0. The number of carbonyl (C=O) groups is 2. The average Bonchev–Trinajstić information content (AvgIpc) is 3.01. The fraction of sp³-hybridized carbons (Fsp3) is 0.364. The largest absolute Gasteiger partial charge is 0.470 e. The van der Waals surface area contributed by atoms with E-state index in [2.05, 4.69) is 14.9 Å². The number of ether oxygens (including phenoxy) is 3. The van der Waals surface area contributed by atoms with E-state index in [1.807, 2.05) is 18.2 Å². The number of pyridine rings is 2. The van der Waals surface area contributed by atoms with E-state index in [4.69, 9.17) is 25.8 Å². The third kappa shape index (κ3) is 3.77. The molecule has 160 valence electrons. The summed E-state index contributed by atoms with van der Waals surface area (Å²) >= 11 is 5.93. The smallest absolute Gasteiger partial charge is 0.332 e. The zero-order valence-electron chi connectivity index (χ0n) is 16.5. The van der Waals surface area contributed by atoms with Gasteiger partial charge in [-0.1, -0.05) is 17.7 Å². The first-order valence-electron chi connectivity index (χ1n) is 10.1. The summed E-state index contributed by atoms with van der Waals surface area (Å²) in [6.45, 7) is 0.461. The van der Waals surface area contributed by atoms with Crippen LogP contribution in [0.1, 0.15) is 25.0 Å². The van der Waals surface area contributed by atoms with Gasteiger partial charge in [0.05, 0.1) is 10.7 Å². The average molecular weight is 442 g/mol. The molecule has 0 N–H and O–H groups in total. The van der Waals surface area contributed by atoms with Gasteiger partial charge in [-0.25, -0.2) is 14.6 Å². The molecule has 2 aromatic rings. The molecule has 4 unspecified atom stereocenters. The van der Waals surface area contributed by atoms with E-state index in [0.717, 1.165) is 24.3 Å². The highest BCUT2D eigenvalue weighted by Crippen LogP contribution is 2.48. The number of hydrogen-bond acceptors (Lipinski definition) is 8. The third-order valence-electron chi connectivity index (χ3n) is 5.96. The number of aromatic nitrogens is 2. The predicted molar refractivity (Wildman–Crippen MR) is 109 cm³/mol. The monoisotopic (exact) mass is 441 g/mol. The van der Waals surface area contributed by atoms with Gasteiger partial charge in [0.1, 0.15) is 6.10 Å².